The highest BCUT2D eigenvalue weighted by Crippen LogP contribution is 2.37. The summed E-state index contributed by atoms with van der Waals surface area (Å²) in [5.41, 5.74) is -1.23. The average molecular weight is 304 g/mol. The second-order valence-electron chi connectivity index (χ2n) is 5.86. The van der Waals surface area contributed by atoms with E-state index in [0.717, 1.165) is 18.2 Å². The number of aromatic hydroxyl groups is 1. The van der Waals surface area contributed by atoms with Gasteiger partial charge in [-0.25, -0.2) is 0 Å². The van der Waals surface area contributed by atoms with Crippen molar-refractivity contribution in [3.8, 4) is 11.5 Å². The van der Waals surface area contributed by atoms with Gasteiger partial charge in [-0.3, -0.25) is 0 Å². The third-order valence-corrected chi connectivity index (χ3v) is 3.74. The van der Waals surface area contributed by atoms with E-state index in [9.17, 15) is 18.3 Å². The highest BCUT2D eigenvalue weighted by atomic mass is 19.4. The monoisotopic (exact) mass is 304 g/mol. The molecular formula is C13H16BF3O4. The van der Waals surface area contributed by atoms with Crippen molar-refractivity contribution in [3.05, 3.63) is 18.2 Å². The number of phenols is 1. The first-order valence-electron chi connectivity index (χ1n) is 6.36. The summed E-state index contributed by atoms with van der Waals surface area (Å²) in [6.45, 7) is 7.22. The highest BCUT2D eigenvalue weighted by molar-refractivity contribution is 6.63. The molecule has 0 radical (unpaired) electrons. The maximum atomic E-state index is 12.2. The predicted molar refractivity (Wildman–Crippen MR) is 70.5 cm³/mol. The Morgan fingerprint density at radius 2 is 1.62 bits per heavy atom. The first kappa shape index (κ1) is 16.0. The van der Waals surface area contributed by atoms with Gasteiger partial charge in [0.1, 0.15) is 11.5 Å². The summed E-state index contributed by atoms with van der Waals surface area (Å²) in [6.07, 6.45) is -4.80. The van der Waals surface area contributed by atoms with Gasteiger partial charge in [0.05, 0.1) is 11.2 Å². The Labute approximate surface area is 121 Å². The van der Waals surface area contributed by atoms with Gasteiger partial charge in [-0.15, -0.1) is 13.2 Å². The van der Waals surface area contributed by atoms with Crippen molar-refractivity contribution in [3.63, 3.8) is 0 Å². The van der Waals surface area contributed by atoms with Gasteiger partial charge >= 0.3 is 13.5 Å². The molecule has 0 unspecified atom stereocenters. The number of ether oxygens (including phenoxy) is 1. The van der Waals surface area contributed by atoms with E-state index >= 15 is 0 Å². The normalized spacial score (nSPS) is 20.6. The Morgan fingerprint density at radius 1 is 1.10 bits per heavy atom. The molecule has 1 aromatic rings. The van der Waals surface area contributed by atoms with Gasteiger partial charge in [-0.1, -0.05) is 0 Å². The fourth-order valence-electron chi connectivity index (χ4n) is 1.89. The van der Waals surface area contributed by atoms with Gasteiger partial charge < -0.3 is 19.2 Å². The number of hydrogen-bond acceptors (Lipinski definition) is 4. The van der Waals surface area contributed by atoms with Crippen molar-refractivity contribution in [2.24, 2.45) is 0 Å². The summed E-state index contributed by atoms with van der Waals surface area (Å²) in [6, 6.07) is 3.20. The van der Waals surface area contributed by atoms with Gasteiger partial charge in [0.15, 0.2) is 0 Å². The van der Waals surface area contributed by atoms with E-state index in [1.54, 1.807) is 27.7 Å². The summed E-state index contributed by atoms with van der Waals surface area (Å²) in [5, 5.41) is 9.84. The Balaban J connectivity index is 2.31. The van der Waals surface area contributed by atoms with Crippen molar-refractivity contribution >= 4 is 12.6 Å². The Hall–Kier alpha value is -1.41. The summed E-state index contributed by atoms with van der Waals surface area (Å²) in [5.74, 6) is -0.659. The zero-order valence-corrected chi connectivity index (χ0v) is 12.1. The summed E-state index contributed by atoms with van der Waals surface area (Å²) < 4.78 is 52.0. The fraction of sp³-hybridized carbons (Fsp3) is 0.538. The molecule has 1 N–H and O–H groups in total. The molecule has 0 aliphatic carbocycles. The molecule has 1 saturated heterocycles. The lowest BCUT2D eigenvalue weighted by Gasteiger charge is -2.32. The van der Waals surface area contributed by atoms with Crippen molar-refractivity contribution in [1.29, 1.82) is 0 Å². The molecule has 0 atom stereocenters. The second kappa shape index (κ2) is 4.81. The number of alkyl halides is 3. The van der Waals surface area contributed by atoms with E-state index in [0.29, 0.717) is 0 Å². The van der Waals surface area contributed by atoms with Gasteiger partial charge in [0.25, 0.3) is 0 Å². The lowest BCUT2D eigenvalue weighted by Crippen LogP contribution is -2.41. The molecule has 1 aliphatic rings. The van der Waals surface area contributed by atoms with Crippen LogP contribution in [0.4, 0.5) is 13.2 Å². The van der Waals surface area contributed by atoms with Crippen LogP contribution in [0, 0.1) is 0 Å². The molecule has 0 amide bonds. The first-order valence-corrected chi connectivity index (χ1v) is 6.36. The third kappa shape index (κ3) is 3.27. The molecule has 0 bridgehead atoms. The van der Waals surface area contributed by atoms with Crippen LogP contribution in [0.2, 0.25) is 0 Å². The highest BCUT2D eigenvalue weighted by Gasteiger charge is 2.52. The lowest BCUT2D eigenvalue weighted by atomic mass is 9.78. The standard InChI is InChI=1S/C13H16BF3O4/c1-11(2)12(3,4)21-14(20-11)9-7-8(5-6-10(9)18)19-13(15,16)17/h5-7,18H,1-4H3. The quantitative estimate of drug-likeness (QED) is 0.853. The van der Waals surface area contributed by atoms with E-state index in [4.69, 9.17) is 9.31 Å². The van der Waals surface area contributed by atoms with Gasteiger partial charge in [0.2, 0.25) is 0 Å². The molecule has 21 heavy (non-hydrogen) atoms. The van der Waals surface area contributed by atoms with Crippen LogP contribution in [0.1, 0.15) is 27.7 Å². The fourth-order valence-corrected chi connectivity index (χ4v) is 1.89. The van der Waals surface area contributed by atoms with E-state index < -0.39 is 30.4 Å². The molecule has 4 nitrogen and oxygen atoms in total. The molecule has 0 aromatic heterocycles. The number of phenolic OH excluding ortho intramolecular Hbond substituents is 1. The van der Waals surface area contributed by atoms with E-state index in [1.807, 2.05) is 0 Å². The molecule has 1 aliphatic heterocycles. The number of benzene rings is 1. The minimum absolute atomic E-state index is 0.0930. The first-order chi connectivity index (χ1) is 9.41. The number of rotatable bonds is 2. The van der Waals surface area contributed by atoms with Crippen LogP contribution in [-0.2, 0) is 9.31 Å². The minimum atomic E-state index is -4.80. The average Bonchev–Trinajstić information content (AvgIpc) is 2.49. The number of hydrogen-bond donors (Lipinski definition) is 1. The topological polar surface area (TPSA) is 47.9 Å². The van der Waals surface area contributed by atoms with Crippen LogP contribution in [0.5, 0.6) is 11.5 Å². The van der Waals surface area contributed by atoms with E-state index in [2.05, 4.69) is 4.74 Å². The third-order valence-electron chi connectivity index (χ3n) is 3.74. The van der Waals surface area contributed by atoms with Gasteiger partial charge in [-0.05, 0) is 45.9 Å². The molecule has 2 rings (SSSR count). The molecule has 0 saturated carbocycles. The Bertz CT molecular complexity index is 527. The lowest BCUT2D eigenvalue weighted by molar-refractivity contribution is -0.274. The molecule has 1 aromatic carbocycles. The SMILES string of the molecule is CC1(C)OB(c2cc(OC(F)(F)F)ccc2O)OC1(C)C. The van der Waals surface area contributed by atoms with Crippen LogP contribution in [0.3, 0.4) is 0 Å². The van der Waals surface area contributed by atoms with Crippen LogP contribution in [-0.4, -0.2) is 29.8 Å². The number of halogens is 3. The van der Waals surface area contributed by atoms with Crippen molar-refractivity contribution in [1.82, 2.24) is 0 Å². The van der Waals surface area contributed by atoms with Crippen LogP contribution >= 0.6 is 0 Å². The predicted octanol–water partition coefficient (Wildman–Crippen LogP) is 2.59. The molecule has 0 spiro atoms. The smallest absolute Gasteiger partial charge is 0.508 e. The Kier molecular flexibility index (Phi) is 3.66. The van der Waals surface area contributed by atoms with Crippen LogP contribution < -0.4 is 10.2 Å². The maximum absolute atomic E-state index is 12.2. The second-order valence-corrected chi connectivity index (χ2v) is 5.86. The maximum Gasteiger partial charge on any atom is 0.573 e. The molecular weight excluding hydrogens is 288 g/mol. The van der Waals surface area contributed by atoms with E-state index in [-0.39, 0.29) is 11.2 Å². The van der Waals surface area contributed by atoms with Crippen LogP contribution in [0.25, 0.3) is 0 Å². The molecule has 1 heterocycles. The zero-order chi connectivity index (χ0) is 16.1. The largest absolute Gasteiger partial charge is 0.573 e. The Morgan fingerprint density at radius 3 is 2.10 bits per heavy atom. The van der Waals surface area contributed by atoms with Crippen molar-refractivity contribution in [2.75, 3.05) is 0 Å². The van der Waals surface area contributed by atoms with Crippen molar-refractivity contribution in [2.45, 2.75) is 45.3 Å². The summed E-state index contributed by atoms with van der Waals surface area (Å²) >= 11 is 0. The summed E-state index contributed by atoms with van der Waals surface area (Å²) in [7, 11) is -0.966. The minimum Gasteiger partial charge on any atom is -0.508 e. The molecule has 1 fully saturated rings. The van der Waals surface area contributed by atoms with Gasteiger partial charge in [0, 0.05) is 5.46 Å². The zero-order valence-electron chi connectivity index (χ0n) is 12.1. The summed E-state index contributed by atoms with van der Waals surface area (Å²) in [4.78, 5) is 0. The van der Waals surface area contributed by atoms with E-state index in [1.165, 1.54) is 0 Å². The van der Waals surface area contributed by atoms with Crippen molar-refractivity contribution < 1.29 is 32.3 Å². The van der Waals surface area contributed by atoms with Gasteiger partial charge in [-0.2, -0.15) is 0 Å². The van der Waals surface area contributed by atoms with Crippen LogP contribution in [0.15, 0.2) is 18.2 Å². The molecule has 8 heteroatoms. The molecule has 116 valence electrons.